The van der Waals surface area contributed by atoms with Gasteiger partial charge in [-0.15, -0.1) is 0 Å². The van der Waals surface area contributed by atoms with Crippen LogP contribution in [0.15, 0.2) is 12.2 Å². The molecule has 20 heavy (non-hydrogen) atoms. The van der Waals surface area contributed by atoms with Crippen LogP contribution >= 0.6 is 0 Å². The predicted molar refractivity (Wildman–Crippen MR) is 85.2 cm³/mol. The molecule has 0 N–H and O–H groups in total. The first-order valence-electron chi connectivity index (χ1n) is 8.88. The van der Waals surface area contributed by atoms with Gasteiger partial charge in [0.2, 0.25) is 0 Å². The van der Waals surface area contributed by atoms with Crippen molar-refractivity contribution in [1.29, 1.82) is 5.26 Å². The van der Waals surface area contributed by atoms with Gasteiger partial charge in [-0.25, -0.2) is 0 Å². The molecule has 0 radical (unpaired) electrons. The van der Waals surface area contributed by atoms with Crippen molar-refractivity contribution >= 4 is 0 Å². The Morgan fingerprint density at radius 3 is 1.85 bits per heavy atom. The van der Waals surface area contributed by atoms with Crippen LogP contribution in [0.25, 0.3) is 0 Å². The van der Waals surface area contributed by atoms with Crippen LogP contribution in [0.5, 0.6) is 0 Å². The highest BCUT2D eigenvalue weighted by Crippen LogP contribution is 2.37. The summed E-state index contributed by atoms with van der Waals surface area (Å²) in [6, 6.07) is 2.12. The Morgan fingerprint density at radius 1 is 0.850 bits per heavy atom. The predicted octanol–water partition coefficient (Wildman–Crippen LogP) is 5.87. The summed E-state index contributed by atoms with van der Waals surface area (Å²) < 4.78 is 0. The van der Waals surface area contributed by atoms with E-state index in [1.807, 2.05) is 0 Å². The minimum absolute atomic E-state index is 0.686. The zero-order valence-electron chi connectivity index (χ0n) is 13.2. The average Bonchev–Trinajstić information content (AvgIpc) is 2.52. The SMILES string of the molecule is CC[C@H]1CC[C@H](CC[C@H]2CC[C@H](C=CC#N)CC2)CC1. The summed E-state index contributed by atoms with van der Waals surface area (Å²) >= 11 is 0. The van der Waals surface area contributed by atoms with Crippen molar-refractivity contribution in [2.45, 2.75) is 77.6 Å². The molecule has 2 fully saturated rings. The Hall–Kier alpha value is -0.770. The van der Waals surface area contributed by atoms with Gasteiger partial charge in [0, 0.05) is 6.08 Å². The molecule has 0 aromatic rings. The third-order valence-corrected chi connectivity index (χ3v) is 5.86. The molecule has 0 amide bonds. The molecule has 0 saturated heterocycles. The molecule has 0 aliphatic heterocycles. The standard InChI is InChI=1S/C19H31N/c1-2-16-5-7-18(8-6-16)13-14-19-11-9-17(10-12-19)4-3-15-20/h3-4,16-19H,2,5-14H2,1H3/t16-,17-,18-,19-. The fourth-order valence-corrected chi connectivity index (χ4v) is 4.25. The summed E-state index contributed by atoms with van der Waals surface area (Å²) in [5, 5.41) is 8.58. The first-order chi connectivity index (χ1) is 9.81. The largest absolute Gasteiger partial charge is 0.193 e. The van der Waals surface area contributed by atoms with Gasteiger partial charge in [0.1, 0.15) is 0 Å². The normalized spacial score (nSPS) is 35.0. The molecule has 2 saturated carbocycles. The van der Waals surface area contributed by atoms with Crippen molar-refractivity contribution in [1.82, 2.24) is 0 Å². The van der Waals surface area contributed by atoms with Crippen LogP contribution in [0, 0.1) is 35.0 Å². The molecule has 0 bridgehead atoms. The van der Waals surface area contributed by atoms with Crippen LogP contribution in [0.1, 0.15) is 77.6 Å². The second-order valence-corrected chi connectivity index (χ2v) is 7.14. The molecule has 1 nitrogen and oxygen atoms in total. The van der Waals surface area contributed by atoms with E-state index >= 15 is 0 Å². The third kappa shape index (κ3) is 4.97. The molecule has 0 heterocycles. The molecule has 1 heteroatoms. The quantitative estimate of drug-likeness (QED) is 0.575. The Balaban J connectivity index is 1.60. The summed E-state index contributed by atoms with van der Waals surface area (Å²) in [7, 11) is 0. The van der Waals surface area contributed by atoms with Gasteiger partial charge >= 0.3 is 0 Å². The summed E-state index contributed by atoms with van der Waals surface area (Å²) in [6.07, 6.45) is 19.5. The molecule has 2 rings (SSSR count). The van der Waals surface area contributed by atoms with Gasteiger partial charge in [0.05, 0.1) is 6.07 Å². The van der Waals surface area contributed by atoms with Crippen molar-refractivity contribution < 1.29 is 0 Å². The highest BCUT2D eigenvalue weighted by Gasteiger charge is 2.23. The van der Waals surface area contributed by atoms with E-state index in [0.29, 0.717) is 5.92 Å². The lowest BCUT2D eigenvalue weighted by atomic mass is 9.75. The van der Waals surface area contributed by atoms with Gasteiger partial charge in [-0.05, 0) is 49.4 Å². The van der Waals surface area contributed by atoms with Crippen molar-refractivity contribution in [2.24, 2.45) is 23.7 Å². The molecular weight excluding hydrogens is 242 g/mol. The van der Waals surface area contributed by atoms with Gasteiger partial charge in [0.25, 0.3) is 0 Å². The van der Waals surface area contributed by atoms with E-state index in [1.54, 1.807) is 6.08 Å². The average molecular weight is 273 g/mol. The van der Waals surface area contributed by atoms with Crippen LogP contribution in [0.2, 0.25) is 0 Å². The van der Waals surface area contributed by atoms with Gasteiger partial charge in [-0.3, -0.25) is 0 Å². The summed E-state index contributed by atoms with van der Waals surface area (Å²) in [4.78, 5) is 0. The highest BCUT2D eigenvalue weighted by molar-refractivity contribution is 5.04. The van der Waals surface area contributed by atoms with Crippen LogP contribution in [-0.2, 0) is 0 Å². The van der Waals surface area contributed by atoms with Gasteiger partial charge in [0.15, 0.2) is 0 Å². The molecule has 0 aromatic heterocycles. The van der Waals surface area contributed by atoms with E-state index in [2.05, 4.69) is 19.1 Å². The second kappa shape index (κ2) is 8.50. The van der Waals surface area contributed by atoms with E-state index in [0.717, 1.165) is 17.8 Å². The zero-order chi connectivity index (χ0) is 14.2. The number of allylic oxidation sites excluding steroid dienone is 2. The molecule has 0 unspecified atom stereocenters. The number of rotatable bonds is 5. The molecule has 112 valence electrons. The fraction of sp³-hybridized carbons (Fsp3) is 0.842. The lowest BCUT2D eigenvalue weighted by Gasteiger charge is -2.31. The number of nitrogens with zero attached hydrogens (tertiary/aromatic N) is 1. The lowest BCUT2D eigenvalue weighted by Crippen LogP contribution is -2.17. The van der Waals surface area contributed by atoms with Crippen LogP contribution in [0.4, 0.5) is 0 Å². The zero-order valence-corrected chi connectivity index (χ0v) is 13.2. The Morgan fingerprint density at radius 2 is 1.35 bits per heavy atom. The van der Waals surface area contributed by atoms with Crippen LogP contribution in [0.3, 0.4) is 0 Å². The van der Waals surface area contributed by atoms with Crippen molar-refractivity contribution in [2.75, 3.05) is 0 Å². The van der Waals surface area contributed by atoms with E-state index in [-0.39, 0.29) is 0 Å². The number of nitriles is 1. The number of hydrogen-bond acceptors (Lipinski definition) is 1. The summed E-state index contributed by atoms with van der Waals surface area (Å²) in [5.41, 5.74) is 0. The van der Waals surface area contributed by atoms with Crippen LogP contribution < -0.4 is 0 Å². The van der Waals surface area contributed by atoms with Crippen molar-refractivity contribution in [3.05, 3.63) is 12.2 Å². The maximum Gasteiger partial charge on any atom is 0.0908 e. The number of hydrogen-bond donors (Lipinski definition) is 0. The van der Waals surface area contributed by atoms with E-state index in [4.69, 9.17) is 5.26 Å². The Kier molecular flexibility index (Phi) is 6.64. The topological polar surface area (TPSA) is 23.8 Å². The Labute approximate surface area is 125 Å². The van der Waals surface area contributed by atoms with Crippen molar-refractivity contribution in [3.63, 3.8) is 0 Å². The van der Waals surface area contributed by atoms with Gasteiger partial charge in [-0.1, -0.05) is 57.9 Å². The highest BCUT2D eigenvalue weighted by atomic mass is 14.3. The molecular formula is C19H31N. The summed E-state index contributed by atoms with van der Waals surface area (Å²) in [6.45, 7) is 2.35. The first-order valence-corrected chi connectivity index (χ1v) is 8.88. The maximum absolute atomic E-state index is 8.58. The molecule has 0 aromatic carbocycles. The second-order valence-electron chi connectivity index (χ2n) is 7.14. The Bertz CT molecular complexity index is 322. The van der Waals surface area contributed by atoms with E-state index < -0.39 is 0 Å². The third-order valence-electron chi connectivity index (χ3n) is 5.86. The van der Waals surface area contributed by atoms with Gasteiger partial charge < -0.3 is 0 Å². The minimum Gasteiger partial charge on any atom is -0.193 e. The molecule has 0 atom stereocenters. The lowest BCUT2D eigenvalue weighted by molar-refractivity contribution is 0.224. The van der Waals surface area contributed by atoms with E-state index in [9.17, 15) is 0 Å². The maximum atomic E-state index is 8.58. The minimum atomic E-state index is 0.686. The van der Waals surface area contributed by atoms with E-state index in [1.165, 1.54) is 70.6 Å². The molecule has 0 spiro atoms. The van der Waals surface area contributed by atoms with Gasteiger partial charge in [-0.2, -0.15) is 5.26 Å². The molecule has 2 aliphatic rings. The summed E-state index contributed by atoms with van der Waals surface area (Å²) in [5.74, 6) is 3.74. The monoisotopic (exact) mass is 273 g/mol. The smallest absolute Gasteiger partial charge is 0.0908 e. The first kappa shape index (κ1) is 15.6. The fourth-order valence-electron chi connectivity index (χ4n) is 4.25. The van der Waals surface area contributed by atoms with Crippen LogP contribution in [-0.4, -0.2) is 0 Å². The van der Waals surface area contributed by atoms with Crippen molar-refractivity contribution in [3.8, 4) is 6.07 Å². The molecule has 2 aliphatic carbocycles.